The number of carbonyl (C=O) groups excluding carboxylic acids is 1. The van der Waals surface area contributed by atoms with Crippen LogP contribution in [-0.4, -0.2) is 43.4 Å². The van der Waals surface area contributed by atoms with Crippen LogP contribution in [0.15, 0.2) is 18.2 Å². The minimum atomic E-state index is -3.05. The molecule has 0 spiro atoms. The monoisotopic (exact) mass is 326 g/mol. The van der Waals surface area contributed by atoms with Gasteiger partial charge in [0.25, 0.3) is 0 Å². The second-order valence-electron chi connectivity index (χ2n) is 6.04. The number of fused-ring (bicyclic) bond motifs is 1. The highest BCUT2D eigenvalue weighted by molar-refractivity contribution is 7.91. The van der Waals surface area contributed by atoms with Gasteiger partial charge in [-0.3, -0.25) is 0 Å². The Bertz CT molecular complexity index is 705. The molecule has 2 atom stereocenters. The molecule has 7 heteroatoms. The van der Waals surface area contributed by atoms with Gasteiger partial charge in [-0.2, -0.15) is 0 Å². The number of hydrogen-bond donors (Lipinski definition) is 1. The number of sulfone groups is 1. The molecular weight excluding hydrogens is 307 g/mol. The maximum Gasteiger partial charge on any atom is 0.318 e. The molecule has 0 bridgehead atoms. The maximum atomic E-state index is 13.4. The van der Waals surface area contributed by atoms with Crippen LogP contribution in [0.25, 0.3) is 0 Å². The number of carbonyl (C=O) groups is 1. The van der Waals surface area contributed by atoms with Crippen LogP contribution in [0.5, 0.6) is 0 Å². The number of nitrogens with one attached hydrogen (secondary N) is 1. The number of nitrogens with zero attached hydrogens (tertiary/aromatic N) is 1. The summed E-state index contributed by atoms with van der Waals surface area (Å²) in [7, 11) is -3.05. The summed E-state index contributed by atoms with van der Waals surface area (Å²) in [6, 6.07) is 3.84. The molecule has 0 radical (unpaired) electrons. The molecule has 3 rings (SSSR count). The van der Waals surface area contributed by atoms with Crippen molar-refractivity contribution in [1.29, 1.82) is 0 Å². The number of hydrogen-bond acceptors (Lipinski definition) is 3. The second kappa shape index (κ2) is 5.53. The third-order valence-corrected chi connectivity index (χ3v) is 6.21. The lowest BCUT2D eigenvalue weighted by Gasteiger charge is -2.34. The lowest BCUT2D eigenvalue weighted by atomic mass is 10.1. The van der Waals surface area contributed by atoms with Crippen molar-refractivity contribution in [3.05, 3.63) is 35.1 Å². The molecule has 2 aliphatic rings. The van der Waals surface area contributed by atoms with E-state index in [0.29, 0.717) is 0 Å². The van der Waals surface area contributed by atoms with Crippen molar-refractivity contribution in [2.24, 2.45) is 0 Å². The molecule has 1 N–H and O–H groups in total. The molecule has 1 aromatic rings. The summed E-state index contributed by atoms with van der Waals surface area (Å²) in [6.45, 7) is 1.94. The first kappa shape index (κ1) is 15.3. The Kier molecular flexibility index (Phi) is 3.84. The highest BCUT2D eigenvalue weighted by atomic mass is 32.2. The van der Waals surface area contributed by atoms with Gasteiger partial charge in [0.05, 0.1) is 17.5 Å². The molecule has 22 heavy (non-hydrogen) atoms. The smallest absolute Gasteiger partial charge is 0.318 e. The van der Waals surface area contributed by atoms with Gasteiger partial charge in [0.1, 0.15) is 5.82 Å². The Labute approximate surface area is 129 Å². The van der Waals surface area contributed by atoms with E-state index < -0.39 is 9.84 Å². The van der Waals surface area contributed by atoms with Crippen LogP contribution in [0.4, 0.5) is 9.18 Å². The Morgan fingerprint density at radius 3 is 2.91 bits per heavy atom. The van der Waals surface area contributed by atoms with Crippen LogP contribution in [0.2, 0.25) is 0 Å². The molecule has 0 aromatic heterocycles. The van der Waals surface area contributed by atoms with Crippen molar-refractivity contribution >= 4 is 15.9 Å². The number of benzene rings is 1. The minimum Gasteiger partial charge on any atom is -0.331 e. The molecule has 0 saturated carbocycles. The number of amides is 2. The summed E-state index contributed by atoms with van der Waals surface area (Å²) in [5.74, 6) is -0.311. The summed E-state index contributed by atoms with van der Waals surface area (Å²) < 4.78 is 36.5. The lowest BCUT2D eigenvalue weighted by Crippen LogP contribution is -2.53. The van der Waals surface area contributed by atoms with Crippen molar-refractivity contribution in [3.63, 3.8) is 0 Å². The summed E-state index contributed by atoms with van der Waals surface area (Å²) in [5, 5.41) is 2.92. The summed E-state index contributed by atoms with van der Waals surface area (Å²) in [5.41, 5.74) is 1.88. The molecule has 1 aliphatic carbocycles. The maximum absolute atomic E-state index is 13.4. The van der Waals surface area contributed by atoms with E-state index in [0.717, 1.165) is 24.0 Å². The highest BCUT2D eigenvalue weighted by Gasteiger charge is 2.33. The fourth-order valence-corrected chi connectivity index (χ4v) is 4.81. The lowest BCUT2D eigenvalue weighted by molar-refractivity contribution is 0.181. The molecule has 1 heterocycles. The fraction of sp³-hybridized carbons (Fsp3) is 0.533. The van der Waals surface area contributed by atoms with E-state index in [1.165, 1.54) is 12.1 Å². The minimum absolute atomic E-state index is 0.000637. The third-order valence-electron chi connectivity index (χ3n) is 4.41. The predicted octanol–water partition coefficient (Wildman–Crippen LogP) is 1.64. The predicted molar refractivity (Wildman–Crippen MR) is 80.8 cm³/mol. The van der Waals surface area contributed by atoms with Crippen LogP contribution in [0.1, 0.15) is 30.5 Å². The Morgan fingerprint density at radius 1 is 1.41 bits per heavy atom. The molecule has 2 amide bonds. The number of halogens is 1. The van der Waals surface area contributed by atoms with Crippen molar-refractivity contribution in [1.82, 2.24) is 10.2 Å². The van der Waals surface area contributed by atoms with E-state index in [1.54, 1.807) is 17.9 Å². The molecule has 120 valence electrons. The molecular formula is C15H19FN2O3S. The van der Waals surface area contributed by atoms with E-state index in [-0.39, 0.29) is 42.0 Å². The summed E-state index contributed by atoms with van der Waals surface area (Å²) in [4.78, 5) is 14.0. The van der Waals surface area contributed by atoms with Gasteiger partial charge in [0, 0.05) is 12.6 Å². The Balaban J connectivity index is 1.70. The van der Waals surface area contributed by atoms with Gasteiger partial charge < -0.3 is 10.2 Å². The van der Waals surface area contributed by atoms with Crippen LogP contribution in [0, 0.1) is 5.82 Å². The van der Waals surface area contributed by atoms with Gasteiger partial charge in [0.15, 0.2) is 9.84 Å². The zero-order valence-corrected chi connectivity index (χ0v) is 13.2. The quantitative estimate of drug-likeness (QED) is 0.853. The van der Waals surface area contributed by atoms with E-state index in [9.17, 15) is 17.6 Å². The van der Waals surface area contributed by atoms with E-state index in [2.05, 4.69) is 5.32 Å². The Hall–Kier alpha value is -1.63. The standard InChI is InChI=1S/C15H19FN2O3S/c1-10-9-22(20,21)7-6-18(10)15(19)17-14-5-3-11-2-4-12(16)8-13(11)14/h2,4,8,10,14H,3,5-7,9H2,1H3,(H,17,19)/t10-,14+/m0/s1. The SMILES string of the molecule is C[C@H]1CS(=O)(=O)CCN1C(=O)N[C@@H]1CCc2ccc(F)cc21. The highest BCUT2D eigenvalue weighted by Crippen LogP contribution is 2.31. The van der Waals surface area contributed by atoms with E-state index in [4.69, 9.17) is 0 Å². The first-order valence-electron chi connectivity index (χ1n) is 7.41. The zero-order valence-electron chi connectivity index (χ0n) is 12.4. The normalized spacial score (nSPS) is 26.5. The molecule has 1 fully saturated rings. The Morgan fingerprint density at radius 2 is 2.18 bits per heavy atom. The zero-order chi connectivity index (χ0) is 15.9. The summed E-state index contributed by atoms with van der Waals surface area (Å²) >= 11 is 0. The topological polar surface area (TPSA) is 66.5 Å². The van der Waals surface area contributed by atoms with Gasteiger partial charge in [-0.25, -0.2) is 17.6 Å². The first-order chi connectivity index (χ1) is 10.4. The van der Waals surface area contributed by atoms with Crippen molar-refractivity contribution < 1.29 is 17.6 Å². The fourth-order valence-electron chi connectivity index (χ4n) is 3.26. The van der Waals surface area contributed by atoms with E-state index >= 15 is 0 Å². The molecule has 1 aromatic carbocycles. The molecule has 0 unspecified atom stereocenters. The summed E-state index contributed by atoms with van der Waals surface area (Å²) in [6.07, 6.45) is 1.55. The van der Waals surface area contributed by atoms with Gasteiger partial charge in [-0.05, 0) is 43.0 Å². The van der Waals surface area contributed by atoms with Gasteiger partial charge in [-0.1, -0.05) is 6.07 Å². The molecule has 1 aliphatic heterocycles. The first-order valence-corrected chi connectivity index (χ1v) is 9.24. The van der Waals surface area contributed by atoms with Gasteiger partial charge >= 0.3 is 6.03 Å². The second-order valence-corrected chi connectivity index (χ2v) is 8.27. The molecule has 5 nitrogen and oxygen atoms in total. The average Bonchev–Trinajstić information content (AvgIpc) is 2.80. The van der Waals surface area contributed by atoms with Crippen molar-refractivity contribution in [2.75, 3.05) is 18.1 Å². The van der Waals surface area contributed by atoms with Crippen LogP contribution >= 0.6 is 0 Å². The number of rotatable bonds is 1. The van der Waals surface area contributed by atoms with Crippen LogP contribution in [-0.2, 0) is 16.3 Å². The van der Waals surface area contributed by atoms with Crippen LogP contribution in [0.3, 0.4) is 0 Å². The van der Waals surface area contributed by atoms with E-state index in [1.807, 2.05) is 0 Å². The van der Waals surface area contributed by atoms with Crippen LogP contribution < -0.4 is 5.32 Å². The van der Waals surface area contributed by atoms with Crippen molar-refractivity contribution in [2.45, 2.75) is 31.8 Å². The third kappa shape index (κ3) is 2.95. The van der Waals surface area contributed by atoms with Crippen molar-refractivity contribution in [3.8, 4) is 0 Å². The number of aryl methyl sites for hydroxylation is 1. The average molecular weight is 326 g/mol. The molecule has 1 saturated heterocycles. The largest absolute Gasteiger partial charge is 0.331 e. The van der Waals surface area contributed by atoms with Gasteiger partial charge in [0.2, 0.25) is 0 Å². The van der Waals surface area contributed by atoms with Gasteiger partial charge in [-0.15, -0.1) is 0 Å². The number of urea groups is 1.